The molecule has 1 N–H and O–H groups in total. The van der Waals surface area contributed by atoms with Crippen LogP contribution in [-0.2, 0) is 4.74 Å². The Morgan fingerprint density at radius 2 is 1.72 bits per heavy atom. The van der Waals surface area contributed by atoms with E-state index < -0.39 is 0 Å². The summed E-state index contributed by atoms with van der Waals surface area (Å²) < 4.78 is 5.45. The van der Waals surface area contributed by atoms with Gasteiger partial charge in [-0.05, 0) is 59.2 Å². The summed E-state index contributed by atoms with van der Waals surface area (Å²) in [5.41, 5.74) is 4.22. The topological polar surface area (TPSA) is 46.5 Å². The predicted octanol–water partition coefficient (Wildman–Crippen LogP) is 5.70. The highest BCUT2D eigenvalue weighted by Gasteiger charge is 2.26. The molecule has 130 valence electrons. The third-order valence-corrected chi connectivity index (χ3v) is 4.87. The second-order valence-electron chi connectivity index (χ2n) is 6.96. The van der Waals surface area contributed by atoms with E-state index in [4.69, 9.17) is 4.74 Å². The molecule has 3 rings (SSSR count). The Morgan fingerprint density at radius 3 is 2.36 bits per heavy atom. The Morgan fingerprint density at radius 1 is 1.08 bits per heavy atom. The fraction of sp³-hybridized carbons (Fsp3) is 0.318. The van der Waals surface area contributed by atoms with Crippen molar-refractivity contribution in [3.05, 3.63) is 64.2 Å². The summed E-state index contributed by atoms with van der Waals surface area (Å²) in [4.78, 5) is 12.0. The molecule has 3 heteroatoms. The fourth-order valence-electron chi connectivity index (χ4n) is 3.17. The molecule has 0 saturated heterocycles. The van der Waals surface area contributed by atoms with Crippen LogP contribution in [0.25, 0.3) is 11.8 Å². The highest BCUT2D eigenvalue weighted by atomic mass is 16.5. The van der Waals surface area contributed by atoms with Gasteiger partial charge in [0, 0.05) is 5.56 Å². The van der Waals surface area contributed by atoms with E-state index in [-0.39, 0.29) is 17.8 Å². The zero-order valence-electron chi connectivity index (χ0n) is 15.2. The summed E-state index contributed by atoms with van der Waals surface area (Å²) in [6.07, 6.45) is 2.84. The maximum Gasteiger partial charge on any atom is 0.344 e. The predicted molar refractivity (Wildman–Crippen MR) is 101 cm³/mol. The van der Waals surface area contributed by atoms with Gasteiger partial charge in [0.1, 0.15) is 11.5 Å². The quantitative estimate of drug-likeness (QED) is 0.729. The summed E-state index contributed by atoms with van der Waals surface area (Å²) in [7, 11) is 0. The number of phenolic OH excluding ortho intramolecular Hbond substituents is 1. The minimum Gasteiger partial charge on any atom is -0.507 e. The van der Waals surface area contributed by atoms with Gasteiger partial charge in [-0.1, -0.05) is 45.9 Å². The highest BCUT2D eigenvalue weighted by Crippen LogP contribution is 2.38. The van der Waals surface area contributed by atoms with Crippen LogP contribution in [0.2, 0.25) is 0 Å². The van der Waals surface area contributed by atoms with Crippen molar-refractivity contribution in [2.75, 3.05) is 0 Å². The molecule has 0 aliphatic carbocycles. The lowest BCUT2D eigenvalue weighted by Crippen LogP contribution is -1.99. The third kappa shape index (κ3) is 3.19. The molecule has 2 aromatic rings. The molecular formula is C22H24O3. The van der Waals surface area contributed by atoms with Crippen LogP contribution in [-0.4, -0.2) is 11.1 Å². The van der Waals surface area contributed by atoms with Gasteiger partial charge >= 0.3 is 5.97 Å². The lowest BCUT2D eigenvalue weighted by atomic mass is 9.89. The number of rotatable bonds is 4. The van der Waals surface area contributed by atoms with Gasteiger partial charge in [0.25, 0.3) is 0 Å². The van der Waals surface area contributed by atoms with Crippen molar-refractivity contribution in [3.63, 3.8) is 0 Å². The number of hydrogen-bond acceptors (Lipinski definition) is 3. The summed E-state index contributed by atoms with van der Waals surface area (Å²) in [6.45, 7) is 8.36. The molecule has 0 bridgehead atoms. The lowest BCUT2D eigenvalue weighted by molar-refractivity contribution is 0.0717. The van der Waals surface area contributed by atoms with Crippen LogP contribution < -0.4 is 0 Å². The summed E-state index contributed by atoms with van der Waals surface area (Å²) in [5.74, 6) is 1.10. The van der Waals surface area contributed by atoms with E-state index in [1.165, 1.54) is 0 Å². The summed E-state index contributed by atoms with van der Waals surface area (Å²) in [5, 5.41) is 10.6. The van der Waals surface area contributed by atoms with Crippen molar-refractivity contribution in [1.29, 1.82) is 0 Å². The Bertz CT molecular complexity index is 846. The maximum absolute atomic E-state index is 12.0. The first kappa shape index (κ1) is 17.3. The van der Waals surface area contributed by atoms with Crippen molar-refractivity contribution < 1.29 is 14.6 Å². The van der Waals surface area contributed by atoms with Crippen LogP contribution >= 0.6 is 0 Å². The fourth-order valence-corrected chi connectivity index (χ4v) is 3.17. The Hall–Kier alpha value is -2.55. The molecule has 0 saturated carbocycles. The van der Waals surface area contributed by atoms with Gasteiger partial charge in [-0.25, -0.2) is 4.79 Å². The molecule has 1 heterocycles. The van der Waals surface area contributed by atoms with E-state index in [0.717, 1.165) is 28.7 Å². The van der Waals surface area contributed by atoms with E-state index in [9.17, 15) is 9.90 Å². The second-order valence-corrected chi connectivity index (χ2v) is 6.96. The number of carbonyl (C=O) groups is 1. The number of esters is 1. The minimum atomic E-state index is -0.313. The van der Waals surface area contributed by atoms with Gasteiger partial charge < -0.3 is 9.84 Å². The van der Waals surface area contributed by atoms with Gasteiger partial charge in [0.2, 0.25) is 0 Å². The van der Waals surface area contributed by atoms with Gasteiger partial charge in [-0.3, -0.25) is 0 Å². The molecule has 0 fully saturated rings. The zero-order valence-corrected chi connectivity index (χ0v) is 15.2. The molecule has 1 aliphatic heterocycles. The number of fused-ring (bicyclic) bond motifs is 1. The molecule has 3 nitrogen and oxygen atoms in total. The van der Waals surface area contributed by atoms with Crippen molar-refractivity contribution >= 4 is 17.8 Å². The monoisotopic (exact) mass is 336 g/mol. The molecule has 0 unspecified atom stereocenters. The number of cyclic esters (lactones) is 1. The first-order valence-corrected chi connectivity index (χ1v) is 8.82. The van der Waals surface area contributed by atoms with Gasteiger partial charge in [0.05, 0.1) is 5.56 Å². The molecule has 0 aromatic heterocycles. The first-order chi connectivity index (χ1) is 11.9. The van der Waals surface area contributed by atoms with Crippen LogP contribution in [0.1, 0.15) is 78.6 Å². The molecule has 1 aliphatic rings. The van der Waals surface area contributed by atoms with E-state index in [1.807, 2.05) is 36.4 Å². The molecule has 25 heavy (non-hydrogen) atoms. The molecular weight excluding hydrogens is 312 g/mol. The third-order valence-electron chi connectivity index (χ3n) is 4.87. The van der Waals surface area contributed by atoms with E-state index in [1.54, 1.807) is 6.07 Å². The summed E-state index contributed by atoms with van der Waals surface area (Å²) >= 11 is 0. The largest absolute Gasteiger partial charge is 0.507 e. The van der Waals surface area contributed by atoms with Crippen molar-refractivity contribution in [2.24, 2.45) is 0 Å². The van der Waals surface area contributed by atoms with Crippen LogP contribution in [0.4, 0.5) is 0 Å². The number of aromatic hydroxyl groups is 1. The molecule has 0 amide bonds. The highest BCUT2D eigenvalue weighted by molar-refractivity contribution is 6.05. The van der Waals surface area contributed by atoms with E-state index in [2.05, 4.69) is 27.7 Å². The SMILES string of the molecule is CC[C@H](C)c1cc(/C=C2\OC(=O)c3ccccc32)cc(C(C)C)c1O. The molecule has 2 aromatic carbocycles. The number of benzene rings is 2. The van der Waals surface area contributed by atoms with Gasteiger partial charge in [-0.15, -0.1) is 0 Å². The smallest absolute Gasteiger partial charge is 0.344 e. The number of ether oxygens (including phenoxy) is 1. The summed E-state index contributed by atoms with van der Waals surface area (Å²) in [6, 6.07) is 11.4. The second kappa shape index (κ2) is 6.75. The molecule has 0 spiro atoms. The Balaban J connectivity index is 2.12. The van der Waals surface area contributed by atoms with Crippen LogP contribution in [0.15, 0.2) is 36.4 Å². The molecule has 0 radical (unpaired) electrons. The normalized spacial score (nSPS) is 16.2. The first-order valence-electron chi connectivity index (χ1n) is 8.82. The van der Waals surface area contributed by atoms with E-state index in [0.29, 0.717) is 17.1 Å². The minimum absolute atomic E-state index is 0.208. The van der Waals surface area contributed by atoms with Crippen LogP contribution in [0.5, 0.6) is 5.75 Å². The number of hydrogen-bond donors (Lipinski definition) is 1. The Labute approximate surface area is 149 Å². The van der Waals surface area contributed by atoms with E-state index >= 15 is 0 Å². The van der Waals surface area contributed by atoms with Gasteiger partial charge in [0.15, 0.2) is 0 Å². The van der Waals surface area contributed by atoms with Crippen molar-refractivity contribution in [3.8, 4) is 5.75 Å². The Kier molecular flexibility index (Phi) is 4.67. The van der Waals surface area contributed by atoms with Gasteiger partial charge in [-0.2, -0.15) is 0 Å². The molecule has 1 atom stereocenters. The lowest BCUT2D eigenvalue weighted by Gasteiger charge is -2.18. The van der Waals surface area contributed by atoms with Crippen molar-refractivity contribution in [2.45, 2.75) is 46.0 Å². The number of phenols is 1. The van der Waals surface area contributed by atoms with Crippen LogP contribution in [0.3, 0.4) is 0 Å². The number of carbonyl (C=O) groups excluding carboxylic acids is 1. The standard InChI is InChI=1S/C22H24O3/c1-5-14(4)19-11-15(10-18(13(2)3)21(19)23)12-20-16-8-6-7-9-17(16)22(24)25-20/h6-14,23H,5H2,1-4H3/b20-12-/t14-/m0/s1. The van der Waals surface area contributed by atoms with Crippen LogP contribution in [0, 0.1) is 0 Å². The zero-order chi connectivity index (χ0) is 18.1. The van der Waals surface area contributed by atoms with Crippen molar-refractivity contribution in [1.82, 2.24) is 0 Å². The average Bonchev–Trinajstić information content (AvgIpc) is 2.91. The average molecular weight is 336 g/mol. The maximum atomic E-state index is 12.0.